The predicted molar refractivity (Wildman–Crippen MR) is 125 cm³/mol. The van der Waals surface area contributed by atoms with Crippen LogP contribution in [0.15, 0.2) is 36.9 Å². The molecular formula is C19H24ClN7O5S. The summed E-state index contributed by atoms with van der Waals surface area (Å²) in [5, 5.41) is 34.9. The summed E-state index contributed by atoms with van der Waals surface area (Å²) in [5.74, 6) is 1.71. The summed E-state index contributed by atoms with van der Waals surface area (Å²) < 4.78 is 7.49. The summed E-state index contributed by atoms with van der Waals surface area (Å²) >= 11 is 1.55. The molecule has 1 saturated heterocycles. The Morgan fingerprint density at radius 3 is 2.67 bits per heavy atom. The maximum Gasteiger partial charge on any atom is 0.269 e. The van der Waals surface area contributed by atoms with Gasteiger partial charge in [-0.2, -0.15) is 11.8 Å². The number of hydrogen-bond donors (Lipinski definition) is 4. The number of hydrogen-bond acceptors (Lipinski definition) is 11. The summed E-state index contributed by atoms with van der Waals surface area (Å²) in [5.41, 5.74) is 7.27. The third-order valence-corrected chi connectivity index (χ3v) is 6.21. The number of rotatable bonds is 9. The Kier molecular flexibility index (Phi) is 8.40. The van der Waals surface area contributed by atoms with Gasteiger partial charge in [0.05, 0.1) is 17.4 Å². The monoisotopic (exact) mass is 497 g/mol. The number of nitro benzene ring substituents is 1. The number of aliphatic hydroxyl groups is 2. The third-order valence-electron chi connectivity index (χ3n) is 5.12. The van der Waals surface area contributed by atoms with E-state index in [1.165, 1.54) is 24.8 Å². The van der Waals surface area contributed by atoms with Gasteiger partial charge in [0, 0.05) is 36.7 Å². The Morgan fingerprint density at radius 1 is 1.21 bits per heavy atom. The largest absolute Gasteiger partial charge is 0.387 e. The van der Waals surface area contributed by atoms with Crippen molar-refractivity contribution in [3.05, 3.63) is 52.6 Å². The van der Waals surface area contributed by atoms with Gasteiger partial charge in [-0.3, -0.25) is 14.7 Å². The zero-order chi connectivity index (χ0) is 22.7. The first-order valence-electron chi connectivity index (χ1n) is 9.93. The first-order valence-corrected chi connectivity index (χ1v) is 11.1. The summed E-state index contributed by atoms with van der Waals surface area (Å²) in [6, 6.07) is 6.20. The molecule has 0 bridgehead atoms. The Bertz CT molecular complexity index is 1090. The number of halogens is 1. The summed E-state index contributed by atoms with van der Waals surface area (Å²) in [6.45, 7) is 0.900. The number of nitrogens with zero attached hydrogens (tertiary/aromatic N) is 5. The maximum atomic E-state index is 10.8. The van der Waals surface area contributed by atoms with E-state index in [2.05, 4.69) is 20.3 Å². The lowest BCUT2D eigenvalue weighted by Gasteiger charge is -2.16. The summed E-state index contributed by atoms with van der Waals surface area (Å²) in [6.07, 6.45) is -0.689. The number of aromatic nitrogens is 4. The second-order valence-electron chi connectivity index (χ2n) is 7.23. The fourth-order valence-corrected chi connectivity index (χ4v) is 4.31. The standard InChI is InChI=1S/C19H23N7O5S.ClH/c20-5-6-32-8-13-15(27)16(28)19(31-13)25-10-24-14-17(22-9-23-18(14)25)21-7-11-1-3-12(4-2-11)26(29)30;/h1-4,9-10,13,15-16,19,27-28H,5-8,20H2,(H,21,22,23);1H/t13-,15-,16-,19-;/m1./s1. The second-order valence-corrected chi connectivity index (χ2v) is 8.38. The molecule has 3 aromatic rings. The summed E-state index contributed by atoms with van der Waals surface area (Å²) in [7, 11) is 0. The quantitative estimate of drug-likeness (QED) is 0.189. The molecule has 0 radical (unpaired) electrons. The molecule has 33 heavy (non-hydrogen) atoms. The van der Waals surface area contributed by atoms with E-state index in [4.69, 9.17) is 10.5 Å². The number of nitrogens with two attached hydrogens (primary N) is 1. The van der Waals surface area contributed by atoms with Gasteiger partial charge < -0.3 is 26.0 Å². The minimum Gasteiger partial charge on any atom is -0.387 e. The Labute approximate surface area is 199 Å². The van der Waals surface area contributed by atoms with Crippen molar-refractivity contribution in [2.45, 2.75) is 31.1 Å². The van der Waals surface area contributed by atoms with Gasteiger partial charge in [-0.15, -0.1) is 12.4 Å². The molecule has 1 aliphatic rings. The van der Waals surface area contributed by atoms with Gasteiger partial charge in [-0.05, 0) is 5.56 Å². The van der Waals surface area contributed by atoms with Crippen molar-refractivity contribution >= 4 is 46.8 Å². The van der Waals surface area contributed by atoms with Gasteiger partial charge in [0.2, 0.25) is 0 Å². The molecule has 178 valence electrons. The summed E-state index contributed by atoms with van der Waals surface area (Å²) in [4.78, 5) is 23.2. The number of aliphatic hydroxyl groups excluding tert-OH is 2. The maximum absolute atomic E-state index is 10.8. The predicted octanol–water partition coefficient (Wildman–Crippen LogP) is 1.08. The minimum absolute atomic E-state index is 0. The van der Waals surface area contributed by atoms with Gasteiger partial charge in [-0.25, -0.2) is 15.0 Å². The molecule has 5 N–H and O–H groups in total. The molecule has 1 fully saturated rings. The number of anilines is 1. The highest BCUT2D eigenvalue weighted by atomic mass is 35.5. The van der Waals surface area contributed by atoms with Crippen LogP contribution in [0.3, 0.4) is 0 Å². The molecule has 12 nitrogen and oxygen atoms in total. The number of nitro groups is 1. The SMILES string of the molecule is Cl.NCCSC[C@H]1O[C@@H](n2cnc3c(NCc4ccc([N+](=O)[O-])cc4)ncnc32)[C@H](O)[C@@H]1O. The third kappa shape index (κ3) is 5.34. The average Bonchev–Trinajstić information content (AvgIpc) is 3.35. The first-order chi connectivity index (χ1) is 15.5. The highest BCUT2D eigenvalue weighted by Gasteiger charge is 2.44. The van der Waals surface area contributed by atoms with Crippen LogP contribution in [0, 0.1) is 10.1 Å². The van der Waals surface area contributed by atoms with E-state index in [9.17, 15) is 20.3 Å². The lowest BCUT2D eigenvalue weighted by atomic mass is 10.1. The molecule has 4 rings (SSSR count). The van der Waals surface area contributed by atoms with Crippen molar-refractivity contribution in [1.29, 1.82) is 0 Å². The fraction of sp³-hybridized carbons (Fsp3) is 0.421. The number of nitrogens with one attached hydrogen (secondary N) is 1. The molecule has 4 atom stereocenters. The molecule has 0 amide bonds. The van der Waals surface area contributed by atoms with Gasteiger partial charge in [0.25, 0.3) is 5.69 Å². The van der Waals surface area contributed by atoms with E-state index >= 15 is 0 Å². The Morgan fingerprint density at radius 2 is 1.97 bits per heavy atom. The van der Waals surface area contributed by atoms with Crippen LogP contribution in [-0.2, 0) is 11.3 Å². The molecule has 0 spiro atoms. The van der Waals surface area contributed by atoms with Crippen LogP contribution in [0.4, 0.5) is 11.5 Å². The zero-order valence-corrected chi connectivity index (χ0v) is 19.0. The van der Waals surface area contributed by atoms with Crippen LogP contribution in [-0.4, -0.2) is 71.0 Å². The van der Waals surface area contributed by atoms with Crippen LogP contribution >= 0.6 is 24.2 Å². The van der Waals surface area contributed by atoms with Crippen LogP contribution < -0.4 is 11.1 Å². The van der Waals surface area contributed by atoms with Gasteiger partial charge in [0.1, 0.15) is 18.5 Å². The normalized spacial score (nSPS) is 22.3. The van der Waals surface area contributed by atoms with E-state index in [1.807, 2.05) is 0 Å². The molecule has 1 aliphatic heterocycles. The Hall–Kier alpha value is -2.55. The number of benzene rings is 1. The van der Waals surface area contributed by atoms with Crippen molar-refractivity contribution in [1.82, 2.24) is 19.5 Å². The number of imidazole rings is 1. The number of fused-ring (bicyclic) bond motifs is 1. The van der Waals surface area contributed by atoms with Crippen molar-refractivity contribution < 1.29 is 19.9 Å². The highest BCUT2D eigenvalue weighted by molar-refractivity contribution is 7.99. The fourth-order valence-electron chi connectivity index (χ4n) is 3.47. The number of thioether (sulfide) groups is 1. The van der Waals surface area contributed by atoms with Crippen LogP contribution in [0.25, 0.3) is 11.2 Å². The molecule has 0 aliphatic carbocycles. The van der Waals surface area contributed by atoms with Crippen LogP contribution in [0.2, 0.25) is 0 Å². The van der Waals surface area contributed by atoms with Gasteiger partial charge >= 0.3 is 0 Å². The van der Waals surface area contributed by atoms with Crippen LogP contribution in [0.1, 0.15) is 11.8 Å². The molecule has 14 heteroatoms. The van der Waals surface area contributed by atoms with Crippen molar-refractivity contribution in [3.8, 4) is 0 Å². The molecule has 2 aromatic heterocycles. The van der Waals surface area contributed by atoms with Crippen molar-refractivity contribution in [2.24, 2.45) is 5.73 Å². The minimum atomic E-state index is -1.14. The average molecular weight is 498 g/mol. The smallest absolute Gasteiger partial charge is 0.269 e. The van der Waals surface area contributed by atoms with Crippen LogP contribution in [0.5, 0.6) is 0 Å². The van der Waals surface area contributed by atoms with Crippen molar-refractivity contribution in [3.63, 3.8) is 0 Å². The highest BCUT2D eigenvalue weighted by Crippen LogP contribution is 2.33. The van der Waals surface area contributed by atoms with E-state index in [-0.39, 0.29) is 18.1 Å². The number of non-ortho nitro benzene ring substituents is 1. The zero-order valence-electron chi connectivity index (χ0n) is 17.4. The topological polar surface area (TPSA) is 174 Å². The second kappa shape index (κ2) is 11.0. The molecule has 0 unspecified atom stereocenters. The van der Waals surface area contributed by atoms with Gasteiger partial charge in [0.15, 0.2) is 23.2 Å². The van der Waals surface area contributed by atoms with Crippen molar-refractivity contribution in [2.75, 3.05) is 23.4 Å². The number of ether oxygens (including phenoxy) is 1. The van der Waals surface area contributed by atoms with E-state index in [1.54, 1.807) is 28.5 Å². The lowest BCUT2D eigenvalue weighted by molar-refractivity contribution is -0.384. The molecular weight excluding hydrogens is 474 g/mol. The van der Waals surface area contributed by atoms with E-state index < -0.39 is 29.5 Å². The molecule has 1 aromatic carbocycles. The first kappa shape index (κ1) is 25.1. The van der Waals surface area contributed by atoms with E-state index in [0.29, 0.717) is 35.8 Å². The lowest BCUT2D eigenvalue weighted by Crippen LogP contribution is -2.32. The van der Waals surface area contributed by atoms with E-state index in [0.717, 1.165) is 11.3 Å². The molecule has 3 heterocycles. The Balaban J connectivity index is 0.00000306. The van der Waals surface area contributed by atoms with Gasteiger partial charge in [-0.1, -0.05) is 12.1 Å². The molecule has 0 saturated carbocycles.